The van der Waals surface area contributed by atoms with Crippen LogP contribution in [0.2, 0.25) is 0 Å². The number of thiazole rings is 1. The number of hydrogen-bond acceptors (Lipinski definition) is 6. The van der Waals surface area contributed by atoms with Crippen LogP contribution in [0.15, 0.2) is 36.4 Å². The van der Waals surface area contributed by atoms with Crippen molar-refractivity contribution in [3.8, 4) is 39.1 Å². The number of aryl methyl sites for hydroxylation is 1. The highest BCUT2D eigenvalue weighted by atomic mass is 32.1. The zero-order valence-corrected chi connectivity index (χ0v) is 17.4. The van der Waals surface area contributed by atoms with Crippen LogP contribution < -0.4 is 19.5 Å². The molecule has 6 heteroatoms. The van der Waals surface area contributed by atoms with Gasteiger partial charge in [0, 0.05) is 16.0 Å². The van der Waals surface area contributed by atoms with Gasteiger partial charge < -0.3 is 19.5 Å². The van der Waals surface area contributed by atoms with E-state index in [-0.39, 0.29) is 6.10 Å². The van der Waals surface area contributed by atoms with E-state index < -0.39 is 0 Å². The number of aromatic nitrogens is 1. The number of benzene rings is 2. The Balaban J connectivity index is 1.67. The molecule has 1 aliphatic heterocycles. The lowest BCUT2D eigenvalue weighted by Gasteiger charge is -2.26. The second-order valence-corrected chi connectivity index (χ2v) is 7.94. The highest BCUT2D eigenvalue weighted by Crippen LogP contribution is 2.39. The number of fused-ring (bicyclic) bond motifs is 1. The van der Waals surface area contributed by atoms with E-state index >= 15 is 0 Å². The number of methoxy groups -OCH3 is 2. The summed E-state index contributed by atoms with van der Waals surface area (Å²) in [4.78, 5) is 6.09. The Hall–Kier alpha value is -2.73. The molecule has 4 rings (SSSR count). The van der Waals surface area contributed by atoms with Gasteiger partial charge in [0.05, 0.1) is 32.1 Å². The first-order chi connectivity index (χ1) is 13.6. The average molecular weight is 397 g/mol. The Bertz CT molecular complexity index is 999. The summed E-state index contributed by atoms with van der Waals surface area (Å²) in [5.41, 5.74) is 4.13. The van der Waals surface area contributed by atoms with Gasteiger partial charge in [-0.25, -0.2) is 4.98 Å². The molecule has 0 spiro atoms. The molecule has 0 saturated carbocycles. The predicted molar refractivity (Wildman–Crippen MR) is 114 cm³/mol. The van der Waals surface area contributed by atoms with Crippen LogP contribution in [0.5, 0.6) is 17.2 Å². The summed E-state index contributed by atoms with van der Waals surface area (Å²) in [7, 11) is 3.28. The van der Waals surface area contributed by atoms with Crippen LogP contribution in [-0.4, -0.2) is 31.9 Å². The highest BCUT2D eigenvalue weighted by Gasteiger charge is 2.20. The molecule has 1 aliphatic rings. The van der Waals surface area contributed by atoms with Crippen LogP contribution in [0.25, 0.3) is 21.8 Å². The molecule has 2 heterocycles. The van der Waals surface area contributed by atoms with Crippen molar-refractivity contribution in [3.63, 3.8) is 0 Å². The first-order valence-corrected chi connectivity index (χ1v) is 10.2. The summed E-state index contributed by atoms with van der Waals surface area (Å²) in [6.45, 7) is 5.08. The van der Waals surface area contributed by atoms with E-state index in [4.69, 9.17) is 19.2 Å². The molecule has 0 radical (unpaired) electrons. The SMILES string of the molecule is CCC1CNc2cc(-c3nc(-c4ccc(OC)c(OC)c4)sc3C)ccc2O1. The van der Waals surface area contributed by atoms with Gasteiger partial charge in [0.2, 0.25) is 0 Å². The van der Waals surface area contributed by atoms with E-state index in [9.17, 15) is 0 Å². The van der Waals surface area contributed by atoms with Crippen LogP contribution >= 0.6 is 11.3 Å². The van der Waals surface area contributed by atoms with Crippen LogP contribution in [0.4, 0.5) is 5.69 Å². The third-order valence-electron chi connectivity index (χ3n) is 4.95. The smallest absolute Gasteiger partial charge is 0.161 e. The lowest BCUT2D eigenvalue weighted by Crippen LogP contribution is -2.29. The van der Waals surface area contributed by atoms with Crippen molar-refractivity contribution >= 4 is 17.0 Å². The van der Waals surface area contributed by atoms with Crippen LogP contribution in [0, 0.1) is 6.92 Å². The summed E-state index contributed by atoms with van der Waals surface area (Å²) >= 11 is 1.68. The molecule has 1 N–H and O–H groups in total. The van der Waals surface area contributed by atoms with Gasteiger partial charge in [-0.2, -0.15) is 0 Å². The van der Waals surface area contributed by atoms with Crippen molar-refractivity contribution in [2.45, 2.75) is 26.4 Å². The van der Waals surface area contributed by atoms with Gasteiger partial charge in [0.25, 0.3) is 0 Å². The van der Waals surface area contributed by atoms with Crippen molar-refractivity contribution in [2.24, 2.45) is 0 Å². The minimum Gasteiger partial charge on any atom is -0.493 e. The molecule has 1 atom stereocenters. The summed E-state index contributed by atoms with van der Waals surface area (Å²) in [6, 6.07) is 12.1. The third-order valence-corrected chi connectivity index (χ3v) is 5.97. The lowest BCUT2D eigenvalue weighted by molar-refractivity contribution is 0.202. The lowest BCUT2D eigenvalue weighted by atomic mass is 10.1. The van der Waals surface area contributed by atoms with Gasteiger partial charge in [-0.15, -0.1) is 11.3 Å². The second kappa shape index (κ2) is 7.72. The molecule has 2 aromatic carbocycles. The molecule has 0 amide bonds. The van der Waals surface area contributed by atoms with Gasteiger partial charge in [-0.3, -0.25) is 0 Å². The average Bonchev–Trinajstić information content (AvgIpc) is 3.14. The Morgan fingerprint density at radius 3 is 2.64 bits per heavy atom. The number of ether oxygens (including phenoxy) is 3. The van der Waals surface area contributed by atoms with Gasteiger partial charge in [0.1, 0.15) is 16.9 Å². The Labute approximate surface area is 169 Å². The molecule has 0 bridgehead atoms. The van der Waals surface area contributed by atoms with E-state index in [0.29, 0.717) is 11.5 Å². The van der Waals surface area contributed by atoms with E-state index in [2.05, 4.69) is 31.3 Å². The maximum atomic E-state index is 6.02. The molecular formula is C22H24N2O3S. The standard InChI is InChI=1S/C22H24N2O3S/c1-5-16-12-23-17-10-14(6-8-18(17)27-16)21-13(2)28-22(24-21)15-7-9-19(25-3)20(11-15)26-4/h6-11,16,23H,5,12H2,1-4H3. The Morgan fingerprint density at radius 1 is 1.11 bits per heavy atom. The van der Waals surface area contributed by atoms with Gasteiger partial charge in [-0.05, 0) is 49.7 Å². The monoisotopic (exact) mass is 396 g/mol. The zero-order valence-electron chi connectivity index (χ0n) is 16.5. The molecule has 28 heavy (non-hydrogen) atoms. The van der Waals surface area contributed by atoms with Crippen molar-refractivity contribution in [3.05, 3.63) is 41.3 Å². The van der Waals surface area contributed by atoms with Crippen LogP contribution in [-0.2, 0) is 0 Å². The molecule has 3 aromatic rings. The number of rotatable bonds is 5. The van der Waals surface area contributed by atoms with Crippen molar-refractivity contribution in [1.82, 2.24) is 4.98 Å². The minimum absolute atomic E-state index is 0.232. The Morgan fingerprint density at radius 2 is 1.89 bits per heavy atom. The van der Waals surface area contributed by atoms with E-state index in [0.717, 1.165) is 46.2 Å². The first-order valence-electron chi connectivity index (χ1n) is 9.37. The topological polar surface area (TPSA) is 52.6 Å². The Kier molecular flexibility index (Phi) is 5.13. The number of anilines is 1. The van der Waals surface area contributed by atoms with Crippen molar-refractivity contribution in [1.29, 1.82) is 0 Å². The minimum atomic E-state index is 0.232. The second-order valence-electron chi connectivity index (χ2n) is 6.73. The molecule has 0 aliphatic carbocycles. The molecule has 0 fully saturated rings. The summed E-state index contributed by atoms with van der Waals surface area (Å²) in [6.07, 6.45) is 1.23. The summed E-state index contributed by atoms with van der Waals surface area (Å²) < 4.78 is 16.8. The summed E-state index contributed by atoms with van der Waals surface area (Å²) in [5.74, 6) is 2.33. The quantitative estimate of drug-likeness (QED) is 0.627. The van der Waals surface area contributed by atoms with Gasteiger partial charge in [0.15, 0.2) is 11.5 Å². The van der Waals surface area contributed by atoms with Crippen molar-refractivity contribution in [2.75, 3.05) is 26.1 Å². The van der Waals surface area contributed by atoms with E-state index in [1.165, 1.54) is 4.88 Å². The van der Waals surface area contributed by atoms with E-state index in [1.54, 1.807) is 25.6 Å². The van der Waals surface area contributed by atoms with Gasteiger partial charge in [-0.1, -0.05) is 6.92 Å². The highest BCUT2D eigenvalue weighted by molar-refractivity contribution is 7.15. The molecule has 1 unspecified atom stereocenters. The number of nitrogens with zero attached hydrogens (tertiary/aromatic N) is 1. The molecule has 0 saturated heterocycles. The first kappa shape index (κ1) is 18.6. The number of nitrogens with one attached hydrogen (secondary N) is 1. The summed E-state index contributed by atoms with van der Waals surface area (Å²) in [5, 5.41) is 4.44. The molecule has 1 aromatic heterocycles. The van der Waals surface area contributed by atoms with Gasteiger partial charge >= 0.3 is 0 Å². The fourth-order valence-corrected chi connectivity index (χ4v) is 4.28. The zero-order chi connectivity index (χ0) is 19.7. The van der Waals surface area contributed by atoms with Crippen LogP contribution in [0.3, 0.4) is 0 Å². The maximum Gasteiger partial charge on any atom is 0.161 e. The normalized spacial score (nSPS) is 15.4. The fourth-order valence-electron chi connectivity index (χ4n) is 3.35. The molecule has 146 valence electrons. The third kappa shape index (κ3) is 3.40. The predicted octanol–water partition coefficient (Wildman–Crippen LogP) is 5.39. The maximum absolute atomic E-state index is 6.02. The largest absolute Gasteiger partial charge is 0.493 e. The molecular weight excluding hydrogens is 372 g/mol. The molecule has 5 nitrogen and oxygen atoms in total. The van der Waals surface area contributed by atoms with E-state index in [1.807, 2.05) is 24.3 Å². The van der Waals surface area contributed by atoms with Crippen LogP contribution in [0.1, 0.15) is 18.2 Å². The number of hydrogen-bond donors (Lipinski definition) is 1. The van der Waals surface area contributed by atoms with Crippen molar-refractivity contribution < 1.29 is 14.2 Å². The fraction of sp³-hybridized carbons (Fsp3) is 0.318.